The average Bonchev–Trinajstić information content (AvgIpc) is 3.37. The molecule has 8 nitrogen and oxygen atoms in total. The largest absolute Gasteiger partial charge is 0.396 e. The summed E-state index contributed by atoms with van der Waals surface area (Å²) in [5.74, 6) is 0.668. The van der Waals surface area contributed by atoms with Gasteiger partial charge in [-0.3, -0.25) is 4.57 Å². The van der Waals surface area contributed by atoms with Crippen LogP contribution in [0, 0.1) is 11.8 Å². The smallest absolute Gasteiger partial charge is 0.321 e. The highest BCUT2D eigenvalue weighted by molar-refractivity contribution is 5.89. The number of amides is 2. The molecule has 146 valence electrons. The van der Waals surface area contributed by atoms with Gasteiger partial charge in [-0.15, -0.1) is 0 Å². The van der Waals surface area contributed by atoms with Gasteiger partial charge in [0.1, 0.15) is 12.1 Å². The number of hydrogen-bond acceptors (Lipinski definition) is 5. The lowest BCUT2D eigenvalue weighted by atomic mass is 9.93. The van der Waals surface area contributed by atoms with Crippen LogP contribution in [0.5, 0.6) is 0 Å². The van der Waals surface area contributed by atoms with E-state index in [1.54, 1.807) is 17.4 Å². The monoisotopic (exact) mass is 381 g/mol. The zero-order chi connectivity index (χ0) is 19.5. The van der Waals surface area contributed by atoms with Gasteiger partial charge in [0.25, 0.3) is 0 Å². The Bertz CT molecular complexity index is 952. The molecule has 1 aromatic carbocycles. The number of carbonyl (C=O) groups is 1. The van der Waals surface area contributed by atoms with Gasteiger partial charge in [0.05, 0.1) is 22.9 Å². The summed E-state index contributed by atoms with van der Waals surface area (Å²) in [7, 11) is 0. The fourth-order valence-corrected chi connectivity index (χ4v) is 3.66. The molecule has 3 aromatic rings. The first kappa shape index (κ1) is 18.4. The second-order valence-corrected chi connectivity index (χ2v) is 7.06. The summed E-state index contributed by atoms with van der Waals surface area (Å²) in [6.45, 7) is 1.01. The minimum atomic E-state index is -0.195. The van der Waals surface area contributed by atoms with Crippen LogP contribution in [0.2, 0.25) is 0 Å². The molecule has 1 fully saturated rings. The van der Waals surface area contributed by atoms with Crippen LogP contribution < -0.4 is 5.32 Å². The van der Waals surface area contributed by atoms with E-state index in [4.69, 9.17) is 0 Å². The second kappa shape index (κ2) is 7.95. The Hall–Kier alpha value is -2.97. The summed E-state index contributed by atoms with van der Waals surface area (Å²) >= 11 is 0. The number of pyridine rings is 1. The Kier molecular flexibility index (Phi) is 5.23. The standard InChI is InChI=1S/C20H23N5O3/c26-11-15(12-27)14-7-8-24(10-14)20(28)23-16-5-6-19(21-9-16)25-13-22-17-3-1-2-4-18(17)25/h1-6,9,13-15,26-27H,7-8,10-12H2,(H,23,28)/t14-/m1/s1. The number of hydrogen-bond donors (Lipinski definition) is 3. The maximum absolute atomic E-state index is 12.5. The van der Waals surface area contributed by atoms with Gasteiger partial charge in [-0.25, -0.2) is 14.8 Å². The predicted molar refractivity (Wildman–Crippen MR) is 105 cm³/mol. The van der Waals surface area contributed by atoms with Gasteiger partial charge in [-0.1, -0.05) is 12.1 Å². The van der Waals surface area contributed by atoms with Crippen LogP contribution in [0.25, 0.3) is 16.9 Å². The Labute approximate surface area is 162 Å². The normalized spacial score (nSPS) is 16.8. The Morgan fingerprint density at radius 2 is 2.00 bits per heavy atom. The highest BCUT2D eigenvalue weighted by atomic mass is 16.3. The van der Waals surface area contributed by atoms with Crippen LogP contribution >= 0.6 is 0 Å². The highest BCUT2D eigenvalue weighted by Gasteiger charge is 2.31. The van der Waals surface area contributed by atoms with E-state index in [1.807, 2.05) is 41.0 Å². The number of rotatable bonds is 5. The molecule has 2 amide bonds. The van der Waals surface area contributed by atoms with Crippen molar-refractivity contribution in [1.82, 2.24) is 19.4 Å². The lowest BCUT2D eigenvalue weighted by Gasteiger charge is -2.20. The molecule has 1 saturated heterocycles. The quantitative estimate of drug-likeness (QED) is 0.626. The molecule has 0 saturated carbocycles. The Balaban J connectivity index is 1.42. The van der Waals surface area contributed by atoms with Crippen molar-refractivity contribution in [3.8, 4) is 5.82 Å². The molecule has 3 heterocycles. The van der Waals surface area contributed by atoms with E-state index in [2.05, 4.69) is 15.3 Å². The molecule has 1 atom stereocenters. The van der Waals surface area contributed by atoms with Gasteiger partial charge in [0, 0.05) is 32.2 Å². The maximum Gasteiger partial charge on any atom is 0.321 e. The topological polar surface area (TPSA) is 104 Å². The van der Waals surface area contributed by atoms with Gasteiger partial charge in [-0.2, -0.15) is 0 Å². The number of para-hydroxylation sites is 2. The van der Waals surface area contributed by atoms with Crippen molar-refractivity contribution in [2.75, 3.05) is 31.6 Å². The summed E-state index contributed by atoms with van der Waals surface area (Å²) in [5, 5.41) is 21.5. The van der Waals surface area contributed by atoms with E-state index >= 15 is 0 Å². The van der Waals surface area contributed by atoms with E-state index in [0.29, 0.717) is 18.8 Å². The number of imidazole rings is 1. The fourth-order valence-electron chi connectivity index (χ4n) is 3.66. The number of carbonyl (C=O) groups excluding carboxylic acids is 1. The number of anilines is 1. The van der Waals surface area contributed by atoms with Crippen molar-refractivity contribution in [2.45, 2.75) is 6.42 Å². The van der Waals surface area contributed by atoms with Gasteiger partial charge in [-0.05, 0) is 36.6 Å². The maximum atomic E-state index is 12.5. The van der Waals surface area contributed by atoms with E-state index in [1.165, 1.54) is 0 Å². The first-order valence-electron chi connectivity index (χ1n) is 9.35. The summed E-state index contributed by atoms with van der Waals surface area (Å²) in [4.78, 5) is 23.0. The number of benzene rings is 1. The number of nitrogens with one attached hydrogen (secondary N) is 1. The first-order valence-corrected chi connectivity index (χ1v) is 9.35. The van der Waals surface area contributed by atoms with E-state index < -0.39 is 0 Å². The van der Waals surface area contributed by atoms with E-state index in [-0.39, 0.29) is 31.1 Å². The van der Waals surface area contributed by atoms with Gasteiger partial charge in [0.15, 0.2) is 0 Å². The van der Waals surface area contributed by atoms with Crippen LogP contribution in [-0.4, -0.2) is 62.0 Å². The molecule has 1 aliphatic heterocycles. The number of likely N-dealkylation sites (tertiary alicyclic amines) is 1. The van der Waals surface area contributed by atoms with Crippen LogP contribution in [0.15, 0.2) is 48.9 Å². The second-order valence-electron chi connectivity index (χ2n) is 7.06. The van der Waals surface area contributed by atoms with Crippen molar-refractivity contribution in [3.05, 3.63) is 48.9 Å². The zero-order valence-corrected chi connectivity index (χ0v) is 15.4. The number of fused-ring (bicyclic) bond motifs is 1. The molecule has 3 N–H and O–H groups in total. The third-order valence-electron chi connectivity index (χ3n) is 5.35. The SMILES string of the molecule is O=C(Nc1ccc(-n2cnc3ccccc32)nc1)N1CC[C@@H](C(CO)CO)C1. The van der Waals surface area contributed by atoms with E-state index in [0.717, 1.165) is 23.3 Å². The Morgan fingerprint density at radius 1 is 1.18 bits per heavy atom. The van der Waals surface area contributed by atoms with E-state index in [9.17, 15) is 15.0 Å². The molecule has 0 radical (unpaired) electrons. The van der Waals surface area contributed by atoms with Gasteiger partial charge < -0.3 is 20.4 Å². The minimum Gasteiger partial charge on any atom is -0.396 e. The lowest BCUT2D eigenvalue weighted by Crippen LogP contribution is -2.34. The van der Waals surface area contributed by atoms with Crippen molar-refractivity contribution < 1.29 is 15.0 Å². The first-order chi connectivity index (χ1) is 13.7. The van der Waals surface area contributed by atoms with Crippen LogP contribution in [-0.2, 0) is 0 Å². The average molecular weight is 381 g/mol. The molecule has 28 heavy (non-hydrogen) atoms. The minimum absolute atomic E-state index is 0.0645. The van der Waals surface area contributed by atoms with Crippen LogP contribution in [0.1, 0.15) is 6.42 Å². The molecule has 2 aromatic heterocycles. The molecule has 0 unspecified atom stereocenters. The molecule has 4 rings (SSSR count). The summed E-state index contributed by atoms with van der Waals surface area (Å²) in [5.41, 5.74) is 2.48. The summed E-state index contributed by atoms with van der Waals surface area (Å²) < 4.78 is 1.90. The molecule has 0 bridgehead atoms. The molecular weight excluding hydrogens is 358 g/mol. The zero-order valence-electron chi connectivity index (χ0n) is 15.4. The van der Waals surface area contributed by atoms with Crippen LogP contribution in [0.3, 0.4) is 0 Å². The molecule has 0 spiro atoms. The molecule has 1 aliphatic rings. The highest BCUT2D eigenvalue weighted by Crippen LogP contribution is 2.24. The molecule has 0 aliphatic carbocycles. The third kappa shape index (κ3) is 3.56. The number of urea groups is 1. The predicted octanol–water partition coefficient (Wildman–Crippen LogP) is 1.88. The number of aliphatic hydroxyl groups excluding tert-OH is 2. The fraction of sp³-hybridized carbons (Fsp3) is 0.350. The summed E-state index contributed by atoms with van der Waals surface area (Å²) in [6.07, 6.45) is 4.14. The number of aromatic nitrogens is 3. The lowest BCUT2D eigenvalue weighted by molar-refractivity contribution is 0.109. The van der Waals surface area contributed by atoms with Crippen molar-refractivity contribution in [3.63, 3.8) is 0 Å². The van der Waals surface area contributed by atoms with Crippen molar-refractivity contribution in [1.29, 1.82) is 0 Å². The van der Waals surface area contributed by atoms with Crippen LogP contribution in [0.4, 0.5) is 10.5 Å². The Morgan fingerprint density at radius 3 is 2.75 bits per heavy atom. The molecular formula is C20H23N5O3. The summed E-state index contributed by atoms with van der Waals surface area (Å²) in [6, 6.07) is 11.3. The van der Waals surface area contributed by atoms with Gasteiger partial charge >= 0.3 is 6.03 Å². The van der Waals surface area contributed by atoms with Crippen molar-refractivity contribution >= 4 is 22.8 Å². The van der Waals surface area contributed by atoms with Gasteiger partial charge in [0.2, 0.25) is 0 Å². The number of aliphatic hydroxyl groups is 2. The molecule has 8 heteroatoms. The van der Waals surface area contributed by atoms with Crippen molar-refractivity contribution in [2.24, 2.45) is 11.8 Å². The number of nitrogens with zero attached hydrogens (tertiary/aromatic N) is 4. The third-order valence-corrected chi connectivity index (χ3v) is 5.35.